The zero-order valence-electron chi connectivity index (χ0n) is 8.08. The third-order valence-electron chi connectivity index (χ3n) is 2.42. The van der Waals surface area contributed by atoms with Gasteiger partial charge in [-0.05, 0) is 37.7 Å². The van der Waals surface area contributed by atoms with Gasteiger partial charge in [-0.1, -0.05) is 0 Å². The summed E-state index contributed by atoms with van der Waals surface area (Å²) in [5.74, 6) is 0.984. The smallest absolute Gasteiger partial charge is 0.237 e. The van der Waals surface area contributed by atoms with Crippen molar-refractivity contribution in [1.82, 2.24) is 5.32 Å². The summed E-state index contributed by atoms with van der Waals surface area (Å²) in [5.41, 5.74) is 5.71. The van der Waals surface area contributed by atoms with E-state index in [9.17, 15) is 4.79 Å². The Labute approximate surface area is 83.8 Å². The van der Waals surface area contributed by atoms with Gasteiger partial charge in [-0.2, -0.15) is 11.8 Å². The number of rotatable bonds is 5. The molecule has 4 heteroatoms. The van der Waals surface area contributed by atoms with Crippen LogP contribution in [0, 0.1) is 0 Å². The zero-order chi connectivity index (χ0) is 9.68. The summed E-state index contributed by atoms with van der Waals surface area (Å²) >= 11 is 1.73. The minimum absolute atomic E-state index is 0.0266. The molecule has 1 aliphatic carbocycles. The molecule has 13 heavy (non-hydrogen) atoms. The van der Waals surface area contributed by atoms with Crippen LogP contribution in [0.3, 0.4) is 0 Å². The Kier molecular flexibility index (Phi) is 4.59. The van der Waals surface area contributed by atoms with E-state index in [4.69, 9.17) is 5.73 Å². The van der Waals surface area contributed by atoms with E-state index in [0.717, 1.165) is 25.0 Å². The van der Waals surface area contributed by atoms with Gasteiger partial charge >= 0.3 is 0 Å². The Morgan fingerprint density at radius 1 is 1.69 bits per heavy atom. The minimum Gasteiger partial charge on any atom is -0.352 e. The number of carbonyl (C=O) groups is 1. The highest BCUT2D eigenvalue weighted by Gasteiger charge is 2.22. The summed E-state index contributed by atoms with van der Waals surface area (Å²) in [5, 5.41) is 2.95. The zero-order valence-corrected chi connectivity index (χ0v) is 8.90. The van der Waals surface area contributed by atoms with E-state index in [1.54, 1.807) is 11.8 Å². The largest absolute Gasteiger partial charge is 0.352 e. The summed E-state index contributed by atoms with van der Waals surface area (Å²) in [6.07, 6.45) is 6.29. The number of thioether (sulfide) groups is 1. The second kappa shape index (κ2) is 5.50. The van der Waals surface area contributed by atoms with Crippen molar-refractivity contribution in [1.29, 1.82) is 0 Å². The average Bonchev–Trinajstić information content (AvgIpc) is 2.06. The van der Waals surface area contributed by atoms with Crippen molar-refractivity contribution in [2.75, 3.05) is 12.0 Å². The molecule has 76 valence electrons. The standard InChI is InChI=1S/C9H18N2OS/c1-13-6-5-8(10)9(12)11-7-3-2-4-7/h7-8H,2-6,10H2,1H3,(H,11,12)/t8-/m1/s1. The van der Waals surface area contributed by atoms with Crippen LogP contribution in [0.1, 0.15) is 25.7 Å². The lowest BCUT2D eigenvalue weighted by Gasteiger charge is -2.27. The average molecular weight is 202 g/mol. The van der Waals surface area contributed by atoms with Crippen LogP contribution in [0.15, 0.2) is 0 Å². The quantitative estimate of drug-likeness (QED) is 0.691. The molecule has 3 N–H and O–H groups in total. The fourth-order valence-electron chi connectivity index (χ4n) is 1.24. The third-order valence-corrected chi connectivity index (χ3v) is 3.07. The van der Waals surface area contributed by atoms with Crippen molar-refractivity contribution in [3.05, 3.63) is 0 Å². The molecule has 1 saturated carbocycles. The normalized spacial score (nSPS) is 19.2. The monoisotopic (exact) mass is 202 g/mol. The van der Waals surface area contributed by atoms with Gasteiger partial charge in [-0.3, -0.25) is 4.79 Å². The van der Waals surface area contributed by atoms with Gasteiger partial charge in [-0.15, -0.1) is 0 Å². The Morgan fingerprint density at radius 2 is 2.38 bits per heavy atom. The first-order chi connectivity index (χ1) is 6.24. The summed E-state index contributed by atoms with van der Waals surface area (Å²) in [6.45, 7) is 0. The Hall–Kier alpha value is -0.220. The second-order valence-corrected chi connectivity index (χ2v) is 4.51. The van der Waals surface area contributed by atoms with Crippen molar-refractivity contribution in [3.8, 4) is 0 Å². The summed E-state index contributed by atoms with van der Waals surface area (Å²) in [7, 11) is 0. The van der Waals surface area contributed by atoms with Gasteiger partial charge in [0.15, 0.2) is 0 Å². The molecule has 1 atom stereocenters. The summed E-state index contributed by atoms with van der Waals surface area (Å²) in [4.78, 5) is 11.4. The van der Waals surface area contributed by atoms with Gasteiger partial charge in [0.2, 0.25) is 5.91 Å². The van der Waals surface area contributed by atoms with Crippen molar-refractivity contribution >= 4 is 17.7 Å². The molecule has 0 aliphatic heterocycles. The highest BCUT2D eigenvalue weighted by Crippen LogP contribution is 2.18. The highest BCUT2D eigenvalue weighted by atomic mass is 32.2. The Morgan fingerprint density at radius 3 is 2.85 bits per heavy atom. The number of nitrogens with two attached hydrogens (primary N) is 1. The molecular formula is C9H18N2OS. The van der Waals surface area contributed by atoms with Crippen molar-refractivity contribution in [3.63, 3.8) is 0 Å². The van der Waals surface area contributed by atoms with E-state index in [1.807, 2.05) is 6.26 Å². The van der Waals surface area contributed by atoms with E-state index in [1.165, 1.54) is 6.42 Å². The highest BCUT2D eigenvalue weighted by molar-refractivity contribution is 7.98. The molecule has 1 aliphatic rings. The third kappa shape index (κ3) is 3.56. The molecule has 0 heterocycles. The molecular weight excluding hydrogens is 184 g/mol. The molecule has 1 fully saturated rings. The van der Waals surface area contributed by atoms with Gasteiger partial charge in [0.1, 0.15) is 0 Å². The molecule has 0 aromatic heterocycles. The first kappa shape index (κ1) is 10.9. The number of hydrogen-bond acceptors (Lipinski definition) is 3. The molecule has 0 radical (unpaired) electrons. The molecule has 1 rings (SSSR count). The summed E-state index contributed by atoms with van der Waals surface area (Å²) in [6, 6.07) is 0.0980. The van der Waals surface area contributed by atoms with E-state index in [2.05, 4.69) is 5.32 Å². The van der Waals surface area contributed by atoms with Crippen molar-refractivity contribution in [2.45, 2.75) is 37.8 Å². The van der Waals surface area contributed by atoms with Crippen molar-refractivity contribution in [2.24, 2.45) is 5.73 Å². The van der Waals surface area contributed by atoms with Gasteiger partial charge in [0.25, 0.3) is 0 Å². The van der Waals surface area contributed by atoms with Gasteiger partial charge in [0, 0.05) is 6.04 Å². The maximum atomic E-state index is 11.4. The van der Waals surface area contributed by atoms with Gasteiger partial charge in [0.05, 0.1) is 6.04 Å². The first-order valence-electron chi connectivity index (χ1n) is 4.79. The van der Waals surface area contributed by atoms with E-state index >= 15 is 0 Å². The lowest BCUT2D eigenvalue weighted by Crippen LogP contribution is -2.47. The van der Waals surface area contributed by atoms with E-state index in [-0.39, 0.29) is 11.9 Å². The van der Waals surface area contributed by atoms with E-state index in [0.29, 0.717) is 6.04 Å². The predicted octanol–water partition coefficient (Wildman–Crippen LogP) is 0.735. The fourth-order valence-corrected chi connectivity index (χ4v) is 1.73. The predicted molar refractivity (Wildman–Crippen MR) is 56.8 cm³/mol. The van der Waals surface area contributed by atoms with Crippen LogP contribution < -0.4 is 11.1 Å². The van der Waals surface area contributed by atoms with Crippen LogP contribution in [-0.2, 0) is 4.79 Å². The Balaban J connectivity index is 2.13. The van der Waals surface area contributed by atoms with Gasteiger partial charge < -0.3 is 11.1 Å². The van der Waals surface area contributed by atoms with Crippen LogP contribution in [-0.4, -0.2) is 30.0 Å². The van der Waals surface area contributed by atoms with Crippen LogP contribution in [0.5, 0.6) is 0 Å². The lowest BCUT2D eigenvalue weighted by atomic mass is 9.93. The summed E-state index contributed by atoms with van der Waals surface area (Å²) < 4.78 is 0. The lowest BCUT2D eigenvalue weighted by molar-refractivity contribution is -0.123. The maximum absolute atomic E-state index is 11.4. The topological polar surface area (TPSA) is 55.1 Å². The molecule has 0 bridgehead atoms. The minimum atomic E-state index is -0.312. The number of amides is 1. The van der Waals surface area contributed by atoms with Crippen LogP contribution in [0.4, 0.5) is 0 Å². The number of carbonyl (C=O) groups excluding carboxylic acids is 1. The first-order valence-corrected chi connectivity index (χ1v) is 6.18. The van der Waals surface area contributed by atoms with Crippen LogP contribution >= 0.6 is 11.8 Å². The molecule has 0 aromatic rings. The fraction of sp³-hybridized carbons (Fsp3) is 0.889. The number of nitrogens with one attached hydrogen (secondary N) is 1. The molecule has 0 unspecified atom stereocenters. The molecule has 0 spiro atoms. The molecule has 0 saturated heterocycles. The van der Waals surface area contributed by atoms with Crippen LogP contribution in [0.2, 0.25) is 0 Å². The number of hydrogen-bond donors (Lipinski definition) is 2. The van der Waals surface area contributed by atoms with Gasteiger partial charge in [-0.25, -0.2) is 0 Å². The second-order valence-electron chi connectivity index (χ2n) is 3.52. The molecule has 0 aromatic carbocycles. The Bertz CT molecular complexity index is 171. The maximum Gasteiger partial charge on any atom is 0.237 e. The van der Waals surface area contributed by atoms with Crippen molar-refractivity contribution < 1.29 is 4.79 Å². The van der Waals surface area contributed by atoms with Crippen LogP contribution in [0.25, 0.3) is 0 Å². The molecule has 3 nitrogen and oxygen atoms in total. The van der Waals surface area contributed by atoms with E-state index < -0.39 is 0 Å². The SMILES string of the molecule is CSCC[C@@H](N)C(=O)NC1CCC1. The molecule has 1 amide bonds.